The summed E-state index contributed by atoms with van der Waals surface area (Å²) < 4.78 is 0. The van der Waals surface area contributed by atoms with Crippen molar-refractivity contribution in [3.8, 4) is 0 Å². The van der Waals surface area contributed by atoms with E-state index in [4.69, 9.17) is 34.8 Å². The van der Waals surface area contributed by atoms with E-state index in [1.54, 1.807) is 6.07 Å². The Bertz CT molecular complexity index is 579. The highest BCUT2D eigenvalue weighted by Crippen LogP contribution is 2.23. The monoisotopic (exact) mass is 328 g/mol. The summed E-state index contributed by atoms with van der Waals surface area (Å²) in [4.78, 5) is 0. The van der Waals surface area contributed by atoms with Gasteiger partial charge in [0.15, 0.2) is 0 Å². The maximum atomic E-state index is 6.07. The number of benzene rings is 2. The molecule has 0 fully saturated rings. The van der Waals surface area contributed by atoms with Gasteiger partial charge in [0.2, 0.25) is 0 Å². The fourth-order valence-electron chi connectivity index (χ4n) is 1.86. The van der Waals surface area contributed by atoms with Crippen LogP contribution >= 0.6 is 34.8 Å². The molecule has 106 valence electrons. The first-order chi connectivity index (χ1) is 9.56. The molecule has 0 aliphatic heterocycles. The fourth-order valence-corrected chi connectivity index (χ4v) is 2.56. The molecule has 20 heavy (non-hydrogen) atoms. The summed E-state index contributed by atoms with van der Waals surface area (Å²) in [5.41, 5.74) is 3.01. The molecule has 2 N–H and O–H groups in total. The third-order valence-electron chi connectivity index (χ3n) is 2.90. The van der Waals surface area contributed by atoms with Crippen LogP contribution < -0.4 is 10.6 Å². The molecule has 0 radical (unpaired) electrons. The quantitative estimate of drug-likeness (QED) is 0.710. The van der Waals surface area contributed by atoms with Crippen LogP contribution in [0.1, 0.15) is 5.56 Å². The summed E-state index contributed by atoms with van der Waals surface area (Å²) in [6.45, 7) is 3.52. The number of rotatable bonds is 5. The SMILES string of the molecule is Cc1c(Cl)cccc1NCCNc1cc(Cl)cc(Cl)c1. The molecular weight excluding hydrogens is 315 g/mol. The maximum Gasteiger partial charge on any atom is 0.0455 e. The van der Waals surface area contributed by atoms with Gasteiger partial charge in [-0.2, -0.15) is 0 Å². The van der Waals surface area contributed by atoms with E-state index in [2.05, 4.69) is 10.6 Å². The van der Waals surface area contributed by atoms with Crippen molar-refractivity contribution in [2.75, 3.05) is 23.7 Å². The van der Waals surface area contributed by atoms with Crippen molar-refractivity contribution in [3.05, 3.63) is 57.0 Å². The van der Waals surface area contributed by atoms with Crippen LogP contribution in [-0.4, -0.2) is 13.1 Å². The van der Waals surface area contributed by atoms with Crippen LogP contribution in [-0.2, 0) is 0 Å². The van der Waals surface area contributed by atoms with E-state index < -0.39 is 0 Å². The molecule has 0 atom stereocenters. The van der Waals surface area contributed by atoms with Gasteiger partial charge in [-0.25, -0.2) is 0 Å². The van der Waals surface area contributed by atoms with Gasteiger partial charge in [0.05, 0.1) is 0 Å². The number of nitrogens with one attached hydrogen (secondary N) is 2. The Labute approximate surface area is 134 Å². The Kier molecular flexibility index (Phi) is 5.41. The molecular formula is C15H15Cl3N2. The Hall–Kier alpha value is -1.09. The Morgan fingerprint density at radius 2 is 1.55 bits per heavy atom. The number of anilines is 2. The summed E-state index contributed by atoms with van der Waals surface area (Å²) in [6.07, 6.45) is 0. The highest BCUT2D eigenvalue weighted by atomic mass is 35.5. The predicted octanol–water partition coefficient (Wildman–Crippen LogP) is 5.48. The molecule has 0 aliphatic rings. The molecule has 2 rings (SSSR count). The second kappa shape index (κ2) is 7.07. The van der Waals surface area contributed by atoms with Crippen molar-refractivity contribution in [3.63, 3.8) is 0 Å². The lowest BCUT2D eigenvalue weighted by molar-refractivity contribution is 1.07. The minimum absolute atomic E-state index is 0.624. The highest BCUT2D eigenvalue weighted by molar-refractivity contribution is 6.35. The van der Waals surface area contributed by atoms with E-state index in [1.165, 1.54) is 0 Å². The van der Waals surface area contributed by atoms with Crippen molar-refractivity contribution in [2.24, 2.45) is 0 Å². The zero-order valence-electron chi connectivity index (χ0n) is 11.0. The maximum absolute atomic E-state index is 6.07. The predicted molar refractivity (Wildman–Crippen MR) is 89.6 cm³/mol. The average molecular weight is 330 g/mol. The second-order valence-corrected chi connectivity index (χ2v) is 5.70. The lowest BCUT2D eigenvalue weighted by Crippen LogP contribution is -2.14. The lowest BCUT2D eigenvalue weighted by Gasteiger charge is -2.12. The molecule has 2 aromatic rings. The number of halogens is 3. The van der Waals surface area contributed by atoms with Gasteiger partial charge in [-0.05, 0) is 42.8 Å². The van der Waals surface area contributed by atoms with Crippen LogP contribution in [0.2, 0.25) is 15.1 Å². The molecule has 0 aliphatic carbocycles. The van der Waals surface area contributed by atoms with Gasteiger partial charge >= 0.3 is 0 Å². The summed E-state index contributed by atoms with van der Waals surface area (Å²) in [6, 6.07) is 11.2. The van der Waals surface area contributed by atoms with Gasteiger partial charge in [-0.1, -0.05) is 40.9 Å². The normalized spacial score (nSPS) is 10.4. The van der Waals surface area contributed by atoms with Gasteiger partial charge in [-0.3, -0.25) is 0 Å². The van der Waals surface area contributed by atoms with E-state index >= 15 is 0 Å². The molecule has 0 amide bonds. The van der Waals surface area contributed by atoms with Crippen LogP contribution in [0.5, 0.6) is 0 Å². The number of hydrogen-bond donors (Lipinski definition) is 2. The molecule has 0 saturated carbocycles. The summed E-state index contributed by atoms with van der Waals surface area (Å²) in [5, 5.41) is 8.62. The summed E-state index contributed by atoms with van der Waals surface area (Å²) in [7, 11) is 0. The second-order valence-electron chi connectivity index (χ2n) is 4.42. The van der Waals surface area contributed by atoms with E-state index in [0.717, 1.165) is 35.1 Å². The first-order valence-electron chi connectivity index (χ1n) is 6.25. The summed E-state index contributed by atoms with van der Waals surface area (Å²) in [5.74, 6) is 0. The van der Waals surface area contributed by atoms with Gasteiger partial charge < -0.3 is 10.6 Å². The van der Waals surface area contributed by atoms with E-state index in [-0.39, 0.29) is 0 Å². The minimum Gasteiger partial charge on any atom is -0.383 e. The smallest absolute Gasteiger partial charge is 0.0455 e. The zero-order valence-corrected chi connectivity index (χ0v) is 13.3. The average Bonchev–Trinajstić information content (AvgIpc) is 2.38. The van der Waals surface area contributed by atoms with Crippen molar-refractivity contribution in [1.29, 1.82) is 0 Å². The van der Waals surface area contributed by atoms with Crippen LogP contribution in [0.4, 0.5) is 11.4 Å². The van der Waals surface area contributed by atoms with Crippen LogP contribution in [0.15, 0.2) is 36.4 Å². The molecule has 5 heteroatoms. The summed E-state index contributed by atoms with van der Waals surface area (Å²) >= 11 is 18.0. The van der Waals surface area contributed by atoms with Crippen molar-refractivity contribution in [2.45, 2.75) is 6.92 Å². The molecule has 0 heterocycles. The van der Waals surface area contributed by atoms with Crippen molar-refractivity contribution < 1.29 is 0 Å². The standard InChI is InChI=1S/C15H15Cl3N2/c1-10-14(18)3-2-4-15(10)20-6-5-19-13-8-11(16)7-12(17)9-13/h2-4,7-9,19-20H,5-6H2,1H3. The third-order valence-corrected chi connectivity index (χ3v) is 3.75. The van der Waals surface area contributed by atoms with Gasteiger partial charge in [0.25, 0.3) is 0 Å². The van der Waals surface area contributed by atoms with Crippen molar-refractivity contribution >= 4 is 46.2 Å². The van der Waals surface area contributed by atoms with E-state index in [0.29, 0.717) is 10.0 Å². The van der Waals surface area contributed by atoms with Crippen LogP contribution in [0.3, 0.4) is 0 Å². The topological polar surface area (TPSA) is 24.1 Å². The molecule has 0 bridgehead atoms. The van der Waals surface area contributed by atoms with Crippen molar-refractivity contribution in [1.82, 2.24) is 0 Å². The Morgan fingerprint density at radius 1 is 0.900 bits per heavy atom. The van der Waals surface area contributed by atoms with Gasteiger partial charge in [0, 0.05) is 39.5 Å². The number of hydrogen-bond acceptors (Lipinski definition) is 2. The van der Waals surface area contributed by atoms with Gasteiger partial charge in [0.1, 0.15) is 0 Å². The highest BCUT2D eigenvalue weighted by Gasteiger charge is 2.01. The molecule has 2 aromatic carbocycles. The Morgan fingerprint density at radius 3 is 2.25 bits per heavy atom. The largest absolute Gasteiger partial charge is 0.383 e. The fraction of sp³-hybridized carbons (Fsp3) is 0.200. The lowest BCUT2D eigenvalue weighted by atomic mass is 10.2. The van der Waals surface area contributed by atoms with Gasteiger partial charge in [-0.15, -0.1) is 0 Å². The first kappa shape index (κ1) is 15.3. The molecule has 2 nitrogen and oxygen atoms in total. The molecule has 0 aromatic heterocycles. The van der Waals surface area contributed by atoms with Crippen LogP contribution in [0, 0.1) is 6.92 Å². The third kappa shape index (κ3) is 4.20. The zero-order chi connectivity index (χ0) is 14.5. The first-order valence-corrected chi connectivity index (χ1v) is 7.38. The van der Waals surface area contributed by atoms with E-state index in [9.17, 15) is 0 Å². The van der Waals surface area contributed by atoms with Crippen LogP contribution in [0.25, 0.3) is 0 Å². The Balaban J connectivity index is 1.86. The molecule has 0 saturated heterocycles. The molecule has 0 spiro atoms. The van der Waals surface area contributed by atoms with E-state index in [1.807, 2.05) is 37.3 Å². The molecule has 0 unspecified atom stereocenters. The minimum atomic E-state index is 0.624.